The Kier molecular flexibility index (Phi) is 1.57. The van der Waals surface area contributed by atoms with Crippen LogP contribution in [0.5, 0.6) is 0 Å². The minimum atomic E-state index is 0.704. The summed E-state index contributed by atoms with van der Waals surface area (Å²) in [6, 6.07) is 0. The van der Waals surface area contributed by atoms with Gasteiger partial charge in [0.15, 0.2) is 0 Å². The average Bonchev–Trinajstić information content (AvgIpc) is 1.85. The van der Waals surface area contributed by atoms with Gasteiger partial charge in [-0.1, -0.05) is 6.92 Å². The van der Waals surface area contributed by atoms with Crippen LogP contribution in [0.3, 0.4) is 0 Å². The molecule has 8 heavy (non-hydrogen) atoms. The molecule has 0 spiro atoms. The summed E-state index contributed by atoms with van der Waals surface area (Å²) in [5.74, 6) is 1.55. The zero-order valence-corrected chi connectivity index (χ0v) is 5.78. The molecule has 1 heteroatoms. The standard InChI is InChI=1S/C7H14N/c1-6-4-8(3)5-7(6)2/h6-7H,1,4-5H2,2-3H3/p+1. The van der Waals surface area contributed by atoms with E-state index in [4.69, 9.17) is 0 Å². The first-order chi connectivity index (χ1) is 3.70. The molecular formula is C7H15N+. The lowest BCUT2D eigenvalue weighted by Crippen LogP contribution is -3.07. The van der Waals surface area contributed by atoms with Gasteiger partial charge in [-0.05, 0) is 6.92 Å². The lowest BCUT2D eigenvalue weighted by molar-refractivity contribution is -0.868. The predicted molar refractivity (Wildman–Crippen MR) is 34.6 cm³/mol. The van der Waals surface area contributed by atoms with Gasteiger partial charge in [0.05, 0.1) is 20.1 Å². The van der Waals surface area contributed by atoms with Crippen LogP contribution in [0.4, 0.5) is 0 Å². The molecule has 3 atom stereocenters. The molecule has 1 saturated heterocycles. The van der Waals surface area contributed by atoms with Crippen molar-refractivity contribution in [2.45, 2.75) is 6.92 Å². The monoisotopic (exact) mass is 113 g/mol. The Hall–Kier alpha value is -0.0400. The molecule has 0 aromatic carbocycles. The minimum absolute atomic E-state index is 0.704. The average molecular weight is 113 g/mol. The Morgan fingerprint density at radius 3 is 2.25 bits per heavy atom. The third-order valence-corrected chi connectivity index (χ3v) is 2.09. The Bertz CT molecular complexity index is 70.5. The van der Waals surface area contributed by atoms with Crippen LogP contribution in [0.1, 0.15) is 6.92 Å². The maximum atomic E-state index is 4.05. The molecule has 1 N–H and O–H groups in total. The third-order valence-electron chi connectivity index (χ3n) is 2.09. The van der Waals surface area contributed by atoms with Gasteiger partial charge in [0.2, 0.25) is 0 Å². The lowest BCUT2D eigenvalue weighted by atomic mass is 10.0. The summed E-state index contributed by atoms with van der Waals surface area (Å²) >= 11 is 0. The third kappa shape index (κ3) is 1.03. The molecule has 0 bridgehead atoms. The zero-order valence-electron chi connectivity index (χ0n) is 5.78. The summed E-state index contributed by atoms with van der Waals surface area (Å²) in [6.45, 7) is 8.91. The number of quaternary nitrogens is 1. The lowest BCUT2D eigenvalue weighted by Gasteiger charge is -2.00. The van der Waals surface area contributed by atoms with Gasteiger partial charge in [0.1, 0.15) is 0 Å². The van der Waals surface area contributed by atoms with E-state index in [9.17, 15) is 0 Å². The van der Waals surface area contributed by atoms with Crippen LogP contribution in [0.2, 0.25) is 0 Å². The predicted octanol–water partition coefficient (Wildman–Crippen LogP) is -0.399. The van der Waals surface area contributed by atoms with Crippen molar-refractivity contribution < 1.29 is 4.90 Å². The molecular weight excluding hydrogens is 98.1 g/mol. The molecule has 0 amide bonds. The molecule has 1 fully saturated rings. The smallest absolute Gasteiger partial charge is 0.0802 e. The molecule has 1 aliphatic heterocycles. The molecule has 47 valence electrons. The molecule has 1 nitrogen and oxygen atoms in total. The van der Waals surface area contributed by atoms with Gasteiger partial charge in [-0.15, -0.1) is 0 Å². The maximum Gasteiger partial charge on any atom is 0.0802 e. The van der Waals surface area contributed by atoms with Crippen LogP contribution in [0.15, 0.2) is 0 Å². The number of likely N-dealkylation sites (tertiary alicyclic amines) is 1. The van der Waals surface area contributed by atoms with Gasteiger partial charge >= 0.3 is 0 Å². The van der Waals surface area contributed by atoms with Gasteiger partial charge in [0.25, 0.3) is 0 Å². The highest BCUT2D eigenvalue weighted by Gasteiger charge is 2.26. The van der Waals surface area contributed by atoms with Gasteiger partial charge in [-0.25, -0.2) is 0 Å². The fourth-order valence-electron chi connectivity index (χ4n) is 1.45. The van der Waals surface area contributed by atoms with E-state index in [0.29, 0.717) is 5.92 Å². The van der Waals surface area contributed by atoms with E-state index < -0.39 is 0 Å². The van der Waals surface area contributed by atoms with Crippen LogP contribution in [-0.2, 0) is 0 Å². The second-order valence-corrected chi connectivity index (χ2v) is 3.10. The highest BCUT2D eigenvalue weighted by Crippen LogP contribution is 2.09. The molecule has 0 aliphatic carbocycles. The Balaban J connectivity index is 2.39. The summed E-state index contributed by atoms with van der Waals surface area (Å²) in [4.78, 5) is 1.64. The van der Waals surface area contributed by atoms with Crippen LogP contribution in [0, 0.1) is 18.8 Å². The van der Waals surface area contributed by atoms with Crippen molar-refractivity contribution in [1.82, 2.24) is 0 Å². The molecule has 1 rings (SSSR count). The van der Waals surface area contributed by atoms with Crippen molar-refractivity contribution in [2.24, 2.45) is 11.8 Å². The summed E-state index contributed by atoms with van der Waals surface area (Å²) in [5, 5.41) is 0. The number of rotatable bonds is 0. The fraction of sp³-hybridized carbons (Fsp3) is 0.857. The van der Waals surface area contributed by atoms with Gasteiger partial charge < -0.3 is 4.90 Å². The zero-order chi connectivity index (χ0) is 6.15. The van der Waals surface area contributed by atoms with E-state index >= 15 is 0 Å². The molecule has 1 aliphatic rings. The van der Waals surface area contributed by atoms with E-state index in [1.807, 2.05) is 0 Å². The number of hydrogen-bond donors (Lipinski definition) is 1. The molecule has 0 aromatic rings. The molecule has 0 aromatic heterocycles. The summed E-state index contributed by atoms with van der Waals surface area (Å²) < 4.78 is 0. The summed E-state index contributed by atoms with van der Waals surface area (Å²) in [7, 11) is 2.24. The van der Waals surface area contributed by atoms with Crippen molar-refractivity contribution in [3.8, 4) is 0 Å². The van der Waals surface area contributed by atoms with Crippen molar-refractivity contribution in [2.75, 3.05) is 20.1 Å². The highest BCUT2D eigenvalue weighted by molar-refractivity contribution is 4.70. The normalized spacial score (nSPS) is 47.6. The first-order valence-electron chi connectivity index (χ1n) is 3.34. The Morgan fingerprint density at radius 2 is 2.12 bits per heavy atom. The van der Waals surface area contributed by atoms with E-state index in [2.05, 4.69) is 20.9 Å². The van der Waals surface area contributed by atoms with E-state index in [1.54, 1.807) is 4.90 Å². The van der Waals surface area contributed by atoms with Crippen LogP contribution in [0.25, 0.3) is 0 Å². The summed E-state index contributed by atoms with van der Waals surface area (Å²) in [5.41, 5.74) is 0. The molecule has 1 heterocycles. The molecule has 0 saturated carbocycles. The molecule has 3 unspecified atom stereocenters. The van der Waals surface area contributed by atoms with Crippen molar-refractivity contribution in [3.63, 3.8) is 0 Å². The number of nitrogens with one attached hydrogen (secondary N) is 1. The quantitative estimate of drug-likeness (QED) is 0.436. The van der Waals surface area contributed by atoms with Crippen LogP contribution in [-0.4, -0.2) is 20.1 Å². The second kappa shape index (κ2) is 2.06. The van der Waals surface area contributed by atoms with E-state index in [-0.39, 0.29) is 0 Å². The second-order valence-electron chi connectivity index (χ2n) is 3.10. The van der Waals surface area contributed by atoms with Crippen molar-refractivity contribution in [3.05, 3.63) is 6.92 Å². The molecule has 1 radical (unpaired) electrons. The first-order valence-corrected chi connectivity index (χ1v) is 3.34. The van der Waals surface area contributed by atoms with Crippen LogP contribution >= 0.6 is 0 Å². The highest BCUT2D eigenvalue weighted by atomic mass is 15.1. The Morgan fingerprint density at radius 1 is 1.50 bits per heavy atom. The van der Waals surface area contributed by atoms with Gasteiger partial charge in [-0.3, -0.25) is 0 Å². The fourth-order valence-corrected chi connectivity index (χ4v) is 1.45. The first kappa shape index (κ1) is 6.09. The topological polar surface area (TPSA) is 4.44 Å². The van der Waals surface area contributed by atoms with E-state index in [1.165, 1.54) is 13.1 Å². The van der Waals surface area contributed by atoms with Crippen molar-refractivity contribution in [1.29, 1.82) is 0 Å². The van der Waals surface area contributed by atoms with E-state index in [0.717, 1.165) is 5.92 Å². The largest absolute Gasteiger partial charge is 0.337 e. The minimum Gasteiger partial charge on any atom is -0.337 e. The SMILES string of the molecule is [CH2]C1C[NH+](C)CC1C. The Labute approximate surface area is 51.7 Å². The van der Waals surface area contributed by atoms with Gasteiger partial charge in [-0.2, -0.15) is 0 Å². The summed E-state index contributed by atoms with van der Waals surface area (Å²) in [6.07, 6.45) is 0. The van der Waals surface area contributed by atoms with Gasteiger partial charge in [0, 0.05) is 11.8 Å². The number of hydrogen-bond acceptors (Lipinski definition) is 0. The van der Waals surface area contributed by atoms with Crippen molar-refractivity contribution >= 4 is 0 Å². The van der Waals surface area contributed by atoms with Crippen LogP contribution < -0.4 is 4.90 Å². The maximum absolute atomic E-state index is 4.05.